The van der Waals surface area contributed by atoms with Crippen molar-refractivity contribution < 1.29 is 14.4 Å². The number of likely N-dealkylation sites (N-methyl/N-ethyl adjacent to an activating group) is 2. The van der Waals surface area contributed by atoms with E-state index in [1.54, 1.807) is 12.1 Å². The Balaban J connectivity index is 2.92. The smallest absolute Gasteiger partial charge is 0.251 e. The highest BCUT2D eigenvalue weighted by molar-refractivity contribution is 5.98. The molecule has 0 spiro atoms. The Morgan fingerprint density at radius 1 is 1.04 bits per heavy atom. The molecule has 1 atom stereocenters. The summed E-state index contributed by atoms with van der Waals surface area (Å²) in [6, 6.07) is 6.75. The third-order valence-corrected chi connectivity index (χ3v) is 4.63. The van der Waals surface area contributed by atoms with Gasteiger partial charge in [-0.05, 0) is 42.9 Å². The van der Waals surface area contributed by atoms with Crippen LogP contribution in [0.5, 0.6) is 0 Å². The van der Waals surface area contributed by atoms with Crippen molar-refractivity contribution in [1.82, 2.24) is 15.5 Å². The Bertz CT molecular complexity index is 675. The van der Waals surface area contributed by atoms with Crippen molar-refractivity contribution in [3.05, 3.63) is 35.4 Å². The molecule has 6 heteroatoms. The molecule has 3 amide bonds. The van der Waals surface area contributed by atoms with E-state index in [9.17, 15) is 14.4 Å². The second-order valence-corrected chi connectivity index (χ2v) is 8.33. The second-order valence-electron chi connectivity index (χ2n) is 8.33. The third kappa shape index (κ3) is 6.66. The van der Waals surface area contributed by atoms with Crippen LogP contribution in [0.3, 0.4) is 0 Å². The fourth-order valence-electron chi connectivity index (χ4n) is 2.83. The average Bonchev–Trinajstić information content (AvgIpc) is 2.62. The van der Waals surface area contributed by atoms with Gasteiger partial charge in [0.2, 0.25) is 11.8 Å². The minimum absolute atomic E-state index is 0.00608. The summed E-state index contributed by atoms with van der Waals surface area (Å²) in [6.07, 6.45) is 0. The van der Waals surface area contributed by atoms with Crippen molar-refractivity contribution in [2.75, 3.05) is 19.6 Å². The summed E-state index contributed by atoms with van der Waals surface area (Å²) >= 11 is 0. The number of hydrogen-bond acceptors (Lipinski definition) is 3. The Morgan fingerprint density at radius 2 is 1.61 bits per heavy atom. The molecule has 2 N–H and O–H groups in total. The molecule has 0 saturated heterocycles. The summed E-state index contributed by atoms with van der Waals surface area (Å²) < 4.78 is 0. The lowest BCUT2D eigenvalue weighted by Gasteiger charge is -2.28. The minimum atomic E-state index is -0.691. The maximum Gasteiger partial charge on any atom is 0.251 e. The van der Waals surface area contributed by atoms with Gasteiger partial charge in [-0.25, -0.2) is 0 Å². The van der Waals surface area contributed by atoms with Gasteiger partial charge in [0.1, 0.15) is 6.04 Å². The molecule has 1 aromatic carbocycles. The summed E-state index contributed by atoms with van der Waals surface area (Å²) in [4.78, 5) is 39.0. The maximum absolute atomic E-state index is 12.9. The predicted octanol–water partition coefficient (Wildman–Crippen LogP) is 2.72. The average molecular weight is 390 g/mol. The number of nitrogens with zero attached hydrogens (tertiary/aromatic N) is 1. The molecule has 0 heterocycles. The van der Waals surface area contributed by atoms with E-state index in [0.717, 1.165) is 5.56 Å². The lowest BCUT2D eigenvalue weighted by molar-refractivity contribution is -0.138. The van der Waals surface area contributed by atoms with Crippen LogP contribution in [0.2, 0.25) is 0 Å². The molecule has 0 aliphatic heterocycles. The van der Waals surface area contributed by atoms with E-state index in [0.29, 0.717) is 18.7 Å². The zero-order chi connectivity index (χ0) is 21.5. The molecule has 0 bridgehead atoms. The molecule has 0 aromatic heterocycles. The number of amides is 3. The van der Waals surface area contributed by atoms with Crippen molar-refractivity contribution in [3.8, 4) is 0 Å². The van der Waals surface area contributed by atoms with Crippen molar-refractivity contribution in [2.24, 2.45) is 5.92 Å². The molecule has 6 nitrogen and oxygen atoms in total. The van der Waals surface area contributed by atoms with Gasteiger partial charge in [0.05, 0.1) is 6.54 Å². The zero-order valence-electron chi connectivity index (χ0n) is 18.3. The minimum Gasteiger partial charge on any atom is -0.355 e. The predicted molar refractivity (Wildman–Crippen MR) is 112 cm³/mol. The number of hydrogen-bond donors (Lipinski definition) is 2. The van der Waals surface area contributed by atoms with Crippen LogP contribution in [0.15, 0.2) is 24.3 Å². The summed E-state index contributed by atoms with van der Waals surface area (Å²) in [5, 5.41) is 5.55. The summed E-state index contributed by atoms with van der Waals surface area (Å²) in [7, 11) is 0. The molecule has 0 aliphatic carbocycles. The number of rotatable bonds is 8. The highest BCUT2D eigenvalue weighted by Gasteiger charge is 2.29. The van der Waals surface area contributed by atoms with Gasteiger partial charge in [0.25, 0.3) is 5.91 Å². The lowest BCUT2D eigenvalue weighted by atomic mass is 9.86. The zero-order valence-corrected chi connectivity index (χ0v) is 18.3. The first-order valence-electron chi connectivity index (χ1n) is 9.98. The largest absolute Gasteiger partial charge is 0.355 e. The van der Waals surface area contributed by atoms with E-state index in [2.05, 4.69) is 31.4 Å². The molecule has 0 saturated carbocycles. The molecular weight excluding hydrogens is 354 g/mol. The van der Waals surface area contributed by atoms with Crippen LogP contribution in [0.25, 0.3) is 0 Å². The fraction of sp³-hybridized carbons (Fsp3) is 0.591. The summed E-state index contributed by atoms with van der Waals surface area (Å²) in [5.41, 5.74) is 1.66. The first-order chi connectivity index (χ1) is 13.0. The number of carbonyl (C=O) groups excluding carboxylic acids is 3. The van der Waals surface area contributed by atoms with Crippen LogP contribution in [-0.4, -0.2) is 48.3 Å². The maximum atomic E-state index is 12.9. The number of benzene rings is 1. The van der Waals surface area contributed by atoms with E-state index < -0.39 is 6.04 Å². The van der Waals surface area contributed by atoms with E-state index >= 15 is 0 Å². The Labute approximate surface area is 169 Å². The summed E-state index contributed by atoms with van der Waals surface area (Å²) in [6.45, 7) is 14.7. The molecular formula is C22H35N3O3. The molecule has 1 unspecified atom stereocenters. The second kappa shape index (κ2) is 10.2. The molecule has 0 aliphatic rings. The fourth-order valence-corrected chi connectivity index (χ4v) is 2.83. The molecule has 28 heavy (non-hydrogen) atoms. The third-order valence-electron chi connectivity index (χ3n) is 4.63. The van der Waals surface area contributed by atoms with Gasteiger partial charge in [-0.1, -0.05) is 46.8 Å². The van der Waals surface area contributed by atoms with Crippen LogP contribution < -0.4 is 10.6 Å². The van der Waals surface area contributed by atoms with Gasteiger partial charge in [0, 0.05) is 18.7 Å². The topological polar surface area (TPSA) is 78.5 Å². The first-order valence-corrected chi connectivity index (χ1v) is 9.98. The van der Waals surface area contributed by atoms with Crippen LogP contribution in [0.4, 0.5) is 0 Å². The van der Waals surface area contributed by atoms with Gasteiger partial charge in [0.15, 0.2) is 0 Å². The van der Waals surface area contributed by atoms with E-state index in [4.69, 9.17) is 0 Å². The normalized spacial score (nSPS) is 12.4. The highest BCUT2D eigenvalue weighted by Crippen LogP contribution is 2.22. The Morgan fingerprint density at radius 3 is 2.04 bits per heavy atom. The molecule has 1 rings (SSSR count). The van der Waals surface area contributed by atoms with Gasteiger partial charge < -0.3 is 15.5 Å². The van der Waals surface area contributed by atoms with Crippen molar-refractivity contribution in [2.45, 2.75) is 59.9 Å². The van der Waals surface area contributed by atoms with Gasteiger partial charge in [-0.15, -0.1) is 0 Å². The van der Waals surface area contributed by atoms with Crippen LogP contribution >= 0.6 is 0 Å². The Hall–Kier alpha value is -2.37. The first kappa shape index (κ1) is 23.7. The Kier molecular flexibility index (Phi) is 8.66. The number of carbonyl (C=O) groups is 3. The molecule has 1 aromatic rings. The van der Waals surface area contributed by atoms with Crippen molar-refractivity contribution in [3.63, 3.8) is 0 Å². The standard InChI is InChI=1S/C22H35N3O3/c1-8-23-18(26)14-25(9-2)21(28)19(15(3)4)24-20(27)16-10-12-17(13-11-16)22(5,6)7/h10-13,15,19H,8-9,14H2,1-7H3,(H,23,26)(H,24,27). The quantitative estimate of drug-likeness (QED) is 0.718. The van der Waals surface area contributed by atoms with E-state index in [1.807, 2.05) is 39.8 Å². The molecule has 0 fully saturated rings. The van der Waals surface area contributed by atoms with Gasteiger partial charge in [-0.3, -0.25) is 14.4 Å². The van der Waals surface area contributed by atoms with Crippen LogP contribution in [-0.2, 0) is 15.0 Å². The van der Waals surface area contributed by atoms with Gasteiger partial charge >= 0.3 is 0 Å². The van der Waals surface area contributed by atoms with Crippen LogP contribution in [0.1, 0.15) is 64.4 Å². The monoisotopic (exact) mass is 389 g/mol. The van der Waals surface area contributed by atoms with E-state index in [-0.39, 0.29) is 35.6 Å². The molecule has 0 radical (unpaired) electrons. The van der Waals surface area contributed by atoms with E-state index in [1.165, 1.54) is 4.90 Å². The van der Waals surface area contributed by atoms with Crippen molar-refractivity contribution in [1.29, 1.82) is 0 Å². The van der Waals surface area contributed by atoms with Crippen molar-refractivity contribution >= 4 is 17.7 Å². The summed E-state index contributed by atoms with van der Waals surface area (Å²) in [5.74, 6) is -0.845. The van der Waals surface area contributed by atoms with Gasteiger partial charge in [-0.2, -0.15) is 0 Å². The lowest BCUT2D eigenvalue weighted by Crippen LogP contribution is -2.53. The van der Waals surface area contributed by atoms with Crippen LogP contribution in [0, 0.1) is 5.92 Å². The highest BCUT2D eigenvalue weighted by atomic mass is 16.2. The molecule has 156 valence electrons. The SMILES string of the molecule is CCNC(=O)CN(CC)C(=O)C(NC(=O)c1ccc(C(C)(C)C)cc1)C(C)C. The number of nitrogens with one attached hydrogen (secondary N) is 2.